The molecule has 0 heterocycles. The minimum atomic E-state index is -1.06. The van der Waals surface area contributed by atoms with Gasteiger partial charge in [0.15, 0.2) is 0 Å². The van der Waals surface area contributed by atoms with Gasteiger partial charge < -0.3 is 15.7 Å². The normalized spacial score (nSPS) is 26.6. The number of anilines is 1. The second-order valence-corrected chi connectivity index (χ2v) is 6.79. The van der Waals surface area contributed by atoms with Gasteiger partial charge in [-0.25, -0.2) is 9.59 Å². The summed E-state index contributed by atoms with van der Waals surface area (Å²) in [7, 11) is 0. The maximum absolute atomic E-state index is 12.1. The molecular formula is C15H17BrN2O3. The van der Waals surface area contributed by atoms with E-state index in [2.05, 4.69) is 26.6 Å². The van der Waals surface area contributed by atoms with Crippen LogP contribution in [0.5, 0.6) is 0 Å². The molecule has 6 heteroatoms. The highest BCUT2D eigenvalue weighted by Crippen LogP contribution is 2.44. The lowest BCUT2D eigenvalue weighted by molar-refractivity contribution is 0.0698. The predicted molar refractivity (Wildman–Crippen MR) is 82.5 cm³/mol. The van der Waals surface area contributed by atoms with E-state index in [-0.39, 0.29) is 17.6 Å². The highest BCUT2D eigenvalue weighted by atomic mass is 79.9. The summed E-state index contributed by atoms with van der Waals surface area (Å²) in [5.41, 5.74) is 0.388. The molecule has 2 aliphatic rings. The van der Waals surface area contributed by atoms with Crippen molar-refractivity contribution in [3.05, 3.63) is 28.2 Å². The number of nitrogens with one attached hydrogen (secondary N) is 2. The number of fused-ring (bicyclic) bond motifs is 2. The molecule has 0 radical (unpaired) electrons. The Balaban J connectivity index is 1.66. The van der Waals surface area contributed by atoms with Crippen LogP contribution in [-0.4, -0.2) is 23.1 Å². The van der Waals surface area contributed by atoms with E-state index in [9.17, 15) is 14.7 Å². The van der Waals surface area contributed by atoms with Crippen LogP contribution in [0, 0.1) is 11.8 Å². The number of hydrogen-bond acceptors (Lipinski definition) is 2. The average Bonchev–Trinajstić information content (AvgIpc) is 3.02. The lowest BCUT2D eigenvalue weighted by Gasteiger charge is -2.23. The fourth-order valence-corrected chi connectivity index (χ4v) is 3.91. The van der Waals surface area contributed by atoms with E-state index >= 15 is 0 Å². The standard InChI is InChI=1S/C15H17BrN2O3/c16-10-3-4-12(11(7-10)14(19)20)17-15(21)18-13-6-8-1-2-9(13)5-8/h3-4,7-9,13H,1-2,5-6H2,(H,19,20)(H2,17,18,21). The number of halogens is 1. The molecule has 5 nitrogen and oxygen atoms in total. The van der Waals surface area contributed by atoms with Crippen molar-refractivity contribution < 1.29 is 14.7 Å². The molecule has 21 heavy (non-hydrogen) atoms. The van der Waals surface area contributed by atoms with Gasteiger partial charge in [0.05, 0.1) is 11.3 Å². The third-order valence-corrected chi connectivity index (χ3v) is 5.01. The van der Waals surface area contributed by atoms with Crippen molar-refractivity contribution in [1.82, 2.24) is 5.32 Å². The number of carbonyl (C=O) groups is 2. The van der Waals surface area contributed by atoms with Gasteiger partial charge in [-0.05, 0) is 49.3 Å². The first-order valence-corrected chi connectivity index (χ1v) is 7.92. The Hall–Kier alpha value is -1.56. The molecule has 0 aliphatic heterocycles. The zero-order valence-corrected chi connectivity index (χ0v) is 13.0. The van der Waals surface area contributed by atoms with Crippen LogP contribution >= 0.6 is 15.9 Å². The lowest BCUT2D eigenvalue weighted by atomic mass is 9.95. The van der Waals surface area contributed by atoms with Crippen molar-refractivity contribution in [2.75, 3.05) is 5.32 Å². The number of urea groups is 1. The molecule has 2 aliphatic carbocycles. The summed E-state index contributed by atoms with van der Waals surface area (Å²) in [6, 6.07) is 4.69. The largest absolute Gasteiger partial charge is 0.478 e. The number of carboxylic acids is 1. The van der Waals surface area contributed by atoms with E-state index in [4.69, 9.17) is 0 Å². The third kappa shape index (κ3) is 3.05. The van der Waals surface area contributed by atoms with Crippen molar-refractivity contribution >= 4 is 33.6 Å². The van der Waals surface area contributed by atoms with Crippen LogP contribution < -0.4 is 10.6 Å². The predicted octanol–water partition coefficient (Wildman–Crippen LogP) is 3.46. The number of hydrogen-bond donors (Lipinski definition) is 3. The van der Waals surface area contributed by atoms with Gasteiger partial charge in [-0.2, -0.15) is 0 Å². The quantitative estimate of drug-likeness (QED) is 0.779. The highest BCUT2D eigenvalue weighted by molar-refractivity contribution is 9.10. The number of benzene rings is 1. The maximum atomic E-state index is 12.1. The molecule has 3 N–H and O–H groups in total. The van der Waals surface area contributed by atoms with Crippen LogP contribution in [-0.2, 0) is 0 Å². The summed E-state index contributed by atoms with van der Waals surface area (Å²) in [4.78, 5) is 23.3. The zero-order chi connectivity index (χ0) is 15.0. The molecule has 3 rings (SSSR count). The second-order valence-electron chi connectivity index (χ2n) is 5.87. The summed E-state index contributed by atoms with van der Waals surface area (Å²) in [5, 5.41) is 14.8. The SMILES string of the molecule is O=C(Nc1ccc(Br)cc1C(=O)O)NC1CC2CCC1C2. The molecule has 2 amide bonds. The minimum Gasteiger partial charge on any atom is -0.478 e. The van der Waals surface area contributed by atoms with E-state index in [1.807, 2.05) is 0 Å². The summed E-state index contributed by atoms with van der Waals surface area (Å²) in [6.45, 7) is 0. The van der Waals surface area contributed by atoms with Gasteiger partial charge >= 0.3 is 12.0 Å². The Morgan fingerprint density at radius 3 is 2.67 bits per heavy atom. The van der Waals surface area contributed by atoms with Crippen LogP contribution in [0.1, 0.15) is 36.0 Å². The zero-order valence-electron chi connectivity index (χ0n) is 11.4. The molecule has 3 atom stereocenters. The topological polar surface area (TPSA) is 78.4 Å². The fourth-order valence-electron chi connectivity index (χ4n) is 3.55. The number of amides is 2. The van der Waals surface area contributed by atoms with Gasteiger partial charge in [0.2, 0.25) is 0 Å². The van der Waals surface area contributed by atoms with Crippen LogP contribution in [0.3, 0.4) is 0 Å². The highest BCUT2D eigenvalue weighted by Gasteiger charge is 2.40. The lowest BCUT2D eigenvalue weighted by Crippen LogP contribution is -2.41. The minimum absolute atomic E-state index is 0.0764. The summed E-state index contributed by atoms with van der Waals surface area (Å²) >= 11 is 3.23. The molecular weight excluding hydrogens is 336 g/mol. The van der Waals surface area contributed by atoms with Crippen LogP contribution in [0.2, 0.25) is 0 Å². The third-order valence-electron chi connectivity index (χ3n) is 4.51. The Morgan fingerprint density at radius 2 is 2.05 bits per heavy atom. The van der Waals surface area contributed by atoms with Crippen molar-refractivity contribution in [2.24, 2.45) is 11.8 Å². The summed E-state index contributed by atoms with van der Waals surface area (Å²) in [6.07, 6.45) is 4.72. The number of carboxylic acid groups (broad SMARTS) is 1. The maximum Gasteiger partial charge on any atom is 0.337 e. The Morgan fingerprint density at radius 1 is 1.24 bits per heavy atom. The van der Waals surface area contributed by atoms with E-state index < -0.39 is 5.97 Å². The molecule has 3 unspecified atom stereocenters. The monoisotopic (exact) mass is 352 g/mol. The van der Waals surface area contributed by atoms with Gasteiger partial charge in [-0.1, -0.05) is 22.4 Å². The van der Waals surface area contributed by atoms with Gasteiger partial charge in [0, 0.05) is 10.5 Å². The Kier molecular flexibility index (Phi) is 3.89. The van der Waals surface area contributed by atoms with E-state index in [1.165, 1.54) is 25.3 Å². The molecule has 112 valence electrons. The first-order chi connectivity index (χ1) is 10.0. The molecule has 1 aromatic carbocycles. The Labute approximate surface area is 131 Å². The molecule has 0 spiro atoms. The van der Waals surface area contributed by atoms with Gasteiger partial charge in [-0.15, -0.1) is 0 Å². The first kappa shape index (κ1) is 14.4. The van der Waals surface area contributed by atoms with Gasteiger partial charge in [0.25, 0.3) is 0 Å². The van der Waals surface area contributed by atoms with Gasteiger partial charge in [-0.3, -0.25) is 0 Å². The van der Waals surface area contributed by atoms with E-state index in [0.29, 0.717) is 16.1 Å². The number of carbonyl (C=O) groups excluding carboxylic acids is 1. The Bertz CT molecular complexity index is 590. The van der Waals surface area contributed by atoms with Crippen LogP contribution in [0.4, 0.5) is 10.5 Å². The van der Waals surface area contributed by atoms with E-state index in [1.54, 1.807) is 12.1 Å². The van der Waals surface area contributed by atoms with Crippen LogP contribution in [0.15, 0.2) is 22.7 Å². The molecule has 0 saturated heterocycles. The van der Waals surface area contributed by atoms with E-state index in [0.717, 1.165) is 12.3 Å². The average molecular weight is 353 g/mol. The summed E-state index contributed by atoms with van der Waals surface area (Å²) < 4.78 is 0.666. The van der Waals surface area contributed by atoms with Crippen molar-refractivity contribution in [2.45, 2.75) is 31.7 Å². The second kappa shape index (κ2) is 5.67. The molecule has 0 aromatic heterocycles. The van der Waals surface area contributed by atoms with Crippen molar-refractivity contribution in [1.29, 1.82) is 0 Å². The molecule has 2 saturated carbocycles. The molecule has 1 aromatic rings. The number of rotatable bonds is 3. The van der Waals surface area contributed by atoms with Crippen molar-refractivity contribution in [3.8, 4) is 0 Å². The smallest absolute Gasteiger partial charge is 0.337 e. The van der Waals surface area contributed by atoms with Gasteiger partial charge in [0.1, 0.15) is 0 Å². The molecule has 2 fully saturated rings. The first-order valence-electron chi connectivity index (χ1n) is 7.13. The van der Waals surface area contributed by atoms with Crippen LogP contribution in [0.25, 0.3) is 0 Å². The molecule has 2 bridgehead atoms. The number of aromatic carboxylic acids is 1. The fraction of sp³-hybridized carbons (Fsp3) is 0.467. The van der Waals surface area contributed by atoms with Crippen molar-refractivity contribution in [3.63, 3.8) is 0 Å². The summed E-state index contributed by atoms with van der Waals surface area (Å²) in [5.74, 6) is 0.277.